The molecule has 0 radical (unpaired) electrons. The number of rotatable bonds is 10. The van der Waals surface area contributed by atoms with Crippen molar-refractivity contribution in [3.05, 3.63) is 71.5 Å². The van der Waals surface area contributed by atoms with Gasteiger partial charge in [0, 0.05) is 6.54 Å². The Morgan fingerprint density at radius 2 is 1.57 bits per heavy atom. The van der Waals surface area contributed by atoms with Crippen LogP contribution in [0.1, 0.15) is 58.1 Å². The van der Waals surface area contributed by atoms with E-state index in [1.807, 2.05) is 25.1 Å². The van der Waals surface area contributed by atoms with E-state index in [0.717, 1.165) is 5.56 Å². The second kappa shape index (κ2) is 12.7. The van der Waals surface area contributed by atoms with Crippen LogP contribution in [0.3, 0.4) is 0 Å². The summed E-state index contributed by atoms with van der Waals surface area (Å²) in [6.07, 6.45) is -0.490. The third-order valence-electron chi connectivity index (χ3n) is 4.88. The Balaban J connectivity index is 2.24. The minimum Gasteiger partial charge on any atom is -0.445 e. The molecule has 1 atom stereocenters. The average molecular weight is 488 g/mol. The summed E-state index contributed by atoms with van der Waals surface area (Å²) < 4.78 is 24.2. The fourth-order valence-corrected chi connectivity index (χ4v) is 3.22. The van der Waals surface area contributed by atoms with Crippen LogP contribution in [0.15, 0.2) is 54.6 Å². The minimum atomic E-state index is -1.85. The van der Waals surface area contributed by atoms with Crippen LogP contribution in [0.25, 0.3) is 0 Å². The number of alkyl carbamates (subject to hydrolysis) is 2. The van der Waals surface area contributed by atoms with Gasteiger partial charge in [-0.2, -0.15) is 0 Å². The smallest absolute Gasteiger partial charge is 0.409 e. The van der Waals surface area contributed by atoms with Gasteiger partial charge in [-0.1, -0.05) is 55.8 Å². The van der Waals surface area contributed by atoms with Crippen molar-refractivity contribution in [1.82, 2.24) is 16.0 Å². The fourth-order valence-electron chi connectivity index (χ4n) is 3.22. The zero-order valence-electron chi connectivity index (χ0n) is 20.7. The van der Waals surface area contributed by atoms with Gasteiger partial charge in [0.05, 0.1) is 0 Å². The van der Waals surface area contributed by atoms with Gasteiger partial charge in [0.1, 0.15) is 18.0 Å². The quantitative estimate of drug-likeness (QED) is 0.418. The van der Waals surface area contributed by atoms with Crippen LogP contribution in [-0.4, -0.2) is 29.4 Å². The summed E-state index contributed by atoms with van der Waals surface area (Å²) in [7, 11) is 0. The Hall–Kier alpha value is -3.62. The van der Waals surface area contributed by atoms with Crippen molar-refractivity contribution in [3.63, 3.8) is 0 Å². The lowest BCUT2D eigenvalue weighted by molar-refractivity contribution is -0.129. The molecule has 0 saturated carbocycles. The molecule has 0 spiro atoms. The Morgan fingerprint density at radius 3 is 2.20 bits per heavy atom. The van der Waals surface area contributed by atoms with E-state index < -0.39 is 35.2 Å². The number of nitrogens with one attached hydrogen (secondary N) is 3. The summed E-state index contributed by atoms with van der Waals surface area (Å²) in [5.74, 6) is -1.12. The molecule has 35 heavy (non-hydrogen) atoms. The predicted octanol–water partition coefficient (Wildman–Crippen LogP) is 4.78. The zero-order valence-corrected chi connectivity index (χ0v) is 20.7. The lowest BCUT2D eigenvalue weighted by Crippen LogP contribution is -2.68. The van der Waals surface area contributed by atoms with E-state index in [4.69, 9.17) is 9.47 Å². The van der Waals surface area contributed by atoms with Gasteiger partial charge < -0.3 is 14.8 Å². The Kier molecular flexibility index (Phi) is 10.1. The van der Waals surface area contributed by atoms with Crippen molar-refractivity contribution in [1.29, 1.82) is 0 Å². The van der Waals surface area contributed by atoms with Crippen molar-refractivity contribution in [2.24, 2.45) is 0 Å². The maximum Gasteiger partial charge on any atom is 0.409 e. The molecule has 0 aliphatic heterocycles. The number of amides is 3. The lowest BCUT2D eigenvalue weighted by Gasteiger charge is -2.34. The van der Waals surface area contributed by atoms with Gasteiger partial charge in [-0.15, -0.1) is 0 Å². The molecule has 8 nitrogen and oxygen atoms in total. The van der Waals surface area contributed by atoms with Crippen LogP contribution >= 0.6 is 0 Å². The van der Waals surface area contributed by atoms with Gasteiger partial charge in [0.2, 0.25) is 0 Å². The van der Waals surface area contributed by atoms with Crippen LogP contribution in [0, 0.1) is 5.82 Å². The predicted molar refractivity (Wildman–Crippen MR) is 130 cm³/mol. The maximum atomic E-state index is 13.6. The maximum absolute atomic E-state index is 13.6. The first kappa shape index (κ1) is 27.6. The molecule has 0 heterocycles. The van der Waals surface area contributed by atoms with E-state index in [1.54, 1.807) is 39.0 Å². The third-order valence-corrected chi connectivity index (χ3v) is 4.88. The number of hydrogen-bond donors (Lipinski definition) is 3. The molecular formula is C26H34FN3O5. The second-order valence-electron chi connectivity index (χ2n) is 9.14. The van der Waals surface area contributed by atoms with E-state index in [0.29, 0.717) is 18.4 Å². The normalized spacial score (nSPS) is 12.7. The number of carbonyl (C=O) groups is 3. The first-order chi connectivity index (χ1) is 16.5. The Bertz CT molecular complexity index is 994. The van der Waals surface area contributed by atoms with Crippen molar-refractivity contribution in [2.45, 2.75) is 71.4 Å². The van der Waals surface area contributed by atoms with Crippen LogP contribution in [0.5, 0.6) is 0 Å². The molecule has 2 aromatic carbocycles. The molecule has 0 aliphatic carbocycles. The van der Waals surface area contributed by atoms with Gasteiger partial charge in [0.15, 0.2) is 5.66 Å². The van der Waals surface area contributed by atoms with E-state index in [1.165, 1.54) is 18.2 Å². The van der Waals surface area contributed by atoms with Crippen LogP contribution in [0.2, 0.25) is 0 Å². The number of carbonyl (C=O) groups excluding carboxylic acids is 3. The van der Waals surface area contributed by atoms with Crippen molar-refractivity contribution < 1.29 is 28.2 Å². The number of unbranched alkanes of at least 4 members (excludes halogenated alkanes) is 1. The molecular weight excluding hydrogens is 453 g/mol. The molecule has 3 amide bonds. The highest BCUT2D eigenvalue weighted by Crippen LogP contribution is 2.16. The summed E-state index contributed by atoms with van der Waals surface area (Å²) in [4.78, 5) is 38.8. The van der Waals surface area contributed by atoms with E-state index in [-0.39, 0.29) is 19.6 Å². The van der Waals surface area contributed by atoms with Crippen LogP contribution in [0.4, 0.5) is 14.0 Å². The van der Waals surface area contributed by atoms with E-state index in [9.17, 15) is 18.8 Å². The third kappa shape index (κ3) is 9.64. The van der Waals surface area contributed by atoms with Gasteiger partial charge in [-0.25, -0.2) is 14.0 Å². The van der Waals surface area contributed by atoms with E-state index in [2.05, 4.69) is 16.0 Å². The van der Waals surface area contributed by atoms with Gasteiger partial charge in [-0.05, 0) is 56.9 Å². The first-order valence-electron chi connectivity index (χ1n) is 11.6. The topological polar surface area (TPSA) is 106 Å². The monoisotopic (exact) mass is 487 g/mol. The average Bonchev–Trinajstić information content (AvgIpc) is 2.79. The molecule has 0 aromatic heterocycles. The molecule has 2 aromatic rings. The summed E-state index contributed by atoms with van der Waals surface area (Å²) in [6, 6.07) is 14.8. The molecule has 3 N–H and O–H groups in total. The molecule has 2 rings (SSSR count). The molecule has 9 heteroatoms. The summed E-state index contributed by atoms with van der Waals surface area (Å²) >= 11 is 0. The van der Waals surface area contributed by atoms with E-state index >= 15 is 0 Å². The van der Waals surface area contributed by atoms with Gasteiger partial charge in [0.25, 0.3) is 5.91 Å². The van der Waals surface area contributed by atoms with Crippen molar-refractivity contribution >= 4 is 18.1 Å². The Morgan fingerprint density at radius 1 is 0.914 bits per heavy atom. The fraction of sp³-hybridized carbons (Fsp3) is 0.423. The van der Waals surface area contributed by atoms with Crippen LogP contribution in [-0.2, 0) is 27.4 Å². The molecule has 0 saturated heterocycles. The molecule has 0 aliphatic rings. The molecule has 0 bridgehead atoms. The number of ether oxygens (including phenoxy) is 2. The first-order valence-corrected chi connectivity index (χ1v) is 11.6. The largest absolute Gasteiger partial charge is 0.445 e. The molecule has 190 valence electrons. The minimum absolute atomic E-state index is 0.0127. The highest BCUT2D eigenvalue weighted by Gasteiger charge is 2.42. The standard InChI is InChI=1S/C26H34FN3O5/c1-5-6-15-26(30-24(33)35-25(2,3)4,22(31)28-17-20-13-10-14-21(27)16-20)29-23(32)34-18-19-11-8-7-9-12-19/h7-14,16H,5-6,15,17-18H2,1-4H3,(H,28,31)(H,29,32)(H,30,33). The van der Waals surface area contributed by atoms with Gasteiger partial charge in [-0.3, -0.25) is 15.4 Å². The highest BCUT2D eigenvalue weighted by atomic mass is 19.1. The zero-order chi connectivity index (χ0) is 25.9. The van der Waals surface area contributed by atoms with Crippen molar-refractivity contribution in [2.75, 3.05) is 0 Å². The summed E-state index contributed by atoms with van der Waals surface area (Å²) in [6.45, 7) is 6.94. The number of hydrogen-bond acceptors (Lipinski definition) is 5. The summed E-state index contributed by atoms with van der Waals surface area (Å²) in [5, 5.41) is 7.76. The van der Waals surface area contributed by atoms with Gasteiger partial charge >= 0.3 is 12.2 Å². The summed E-state index contributed by atoms with van der Waals surface area (Å²) in [5.41, 5.74) is -1.39. The highest BCUT2D eigenvalue weighted by molar-refractivity contribution is 5.92. The molecule has 1 unspecified atom stereocenters. The lowest BCUT2D eigenvalue weighted by atomic mass is 10.0. The Labute approximate surface area is 205 Å². The van der Waals surface area contributed by atoms with Crippen molar-refractivity contribution in [3.8, 4) is 0 Å². The SMILES string of the molecule is CCCCC(NC(=O)OCc1ccccc1)(NC(=O)OC(C)(C)C)C(=O)NCc1cccc(F)c1. The second-order valence-corrected chi connectivity index (χ2v) is 9.14. The molecule has 0 fully saturated rings. The van der Waals surface area contributed by atoms with Crippen LogP contribution < -0.4 is 16.0 Å². The number of halogens is 1. The number of benzene rings is 2.